The third-order valence-corrected chi connectivity index (χ3v) is 3.31. The largest absolute Gasteiger partial charge is 0.486 e. The van der Waals surface area contributed by atoms with Crippen LogP contribution in [-0.2, 0) is 13.2 Å². The summed E-state index contributed by atoms with van der Waals surface area (Å²) in [6.45, 7) is 1.19. The Labute approximate surface area is 126 Å². The minimum Gasteiger partial charge on any atom is -0.486 e. The SMILES string of the molecule is CNCc1ccc(OCc2ccc(Br)cn2)c(Cl)c1. The quantitative estimate of drug-likeness (QED) is 0.898. The molecule has 0 radical (unpaired) electrons. The molecule has 1 N–H and O–H groups in total. The normalized spacial score (nSPS) is 10.5. The van der Waals surface area contributed by atoms with Crippen molar-refractivity contribution in [1.29, 1.82) is 0 Å². The van der Waals surface area contributed by atoms with E-state index in [1.54, 1.807) is 6.20 Å². The van der Waals surface area contributed by atoms with E-state index in [-0.39, 0.29) is 0 Å². The Morgan fingerprint density at radius 3 is 2.79 bits per heavy atom. The monoisotopic (exact) mass is 340 g/mol. The molecule has 5 heteroatoms. The number of hydrogen-bond donors (Lipinski definition) is 1. The van der Waals surface area contributed by atoms with Gasteiger partial charge in [0.25, 0.3) is 0 Å². The lowest BCUT2D eigenvalue weighted by Crippen LogP contribution is -2.05. The van der Waals surface area contributed by atoms with Crippen LogP contribution >= 0.6 is 27.5 Å². The summed E-state index contributed by atoms with van der Waals surface area (Å²) in [7, 11) is 1.90. The second kappa shape index (κ2) is 6.89. The summed E-state index contributed by atoms with van der Waals surface area (Å²) in [5.74, 6) is 0.672. The third-order valence-electron chi connectivity index (χ3n) is 2.54. The number of ether oxygens (including phenoxy) is 1. The Kier molecular flexibility index (Phi) is 5.19. The number of nitrogens with zero attached hydrogens (tertiary/aromatic N) is 1. The summed E-state index contributed by atoms with van der Waals surface area (Å²) in [5.41, 5.74) is 1.99. The van der Waals surface area contributed by atoms with Gasteiger partial charge in [-0.15, -0.1) is 0 Å². The van der Waals surface area contributed by atoms with E-state index in [9.17, 15) is 0 Å². The molecule has 1 aromatic carbocycles. The maximum atomic E-state index is 6.18. The number of halogens is 2. The van der Waals surface area contributed by atoms with Gasteiger partial charge in [-0.05, 0) is 52.8 Å². The molecule has 0 bridgehead atoms. The Morgan fingerprint density at radius 1 is 1.32 bits per heavy atom. The fraction of sp³-hybridized carbons (Fsp3) is 0.214. The van der Waals surface area contributed by atoms with Crippen LogP contribution in [0.5, 0.6) is 5.75 Å². The molecule has 0 unspecified atom stereocenters. The number of hydrogen-bond acceptors (Lipinski definition) is 3. The molecule has 0 saturated carbocycles. The van der Waals surface area contributed by atoms with Gasteiger partial charge < -0.3 is 10.1 Å². The number of aromatic nitrogens is 1. The predicted molar refractivity (Wildman–Crippen MR) is 80.5 cm³/mol. The van der Waals surface area contributed by atoms with Crippen molar-refractivity contribution in [3.05, 3.63) is 57.3 Å². The first-order chi connectivity index (χ1) is 9.19. The van der Waals surface area contributed by atoms with Crippen molar-refractivity contribution in [3.63, 3.8) is 0 Å². The molecule has 0 amide bonds. The Morgan fingerprint density at radius 2 is 2.16 bits per heavy atom. The second-order valence-corrected chi connectivity index (χ2v) is 5.37. The van der Waals surface area contributed by atoms with E-state index in [2.05, 4.69) is 26.2 Å². The van der Waals surface area contributed by atoms with Crippen LogP contribution in [-0.4, -0.2) is 12.0 Å². The summed E-state index contributed by atoms with van der Waals surface area (Å²) in [6.07, 6.45) is 1.75. The first-order valence-electron chi connectivity index (χ1n) is 5.85. The summed E-state index contributed by atoms with van der Waals surface area (Å²) in [4.78, 5) is 4.25. The summed E-state index contributed by atoms with van der Waals surface area (Å²) in [6, 6.07) is 9.62. The molecule has 2 rings (SSSR count). The smallest absolute Gasteiger partial charge is 0.138 e. The molecular weight excluding hydrogens is 328 g/mol. The molecule has 3 nitrogen and oxygen atoms in total. The van der Waals surface area contributed by atoms with Crippen molar-refractivity contribution in [3.8, 4) is 5.75 Å². The molecular formula is C14H14BrClN2O. The van der Waals surface area contributed by atoms with Gasteiger partial charge in [0.1, 0.15) is 12.4 Å². The molecule has 1 heterocycles. The molecule has 0 aliphatic carbocycles. The molecule has 0 aliphatic heterocycles. The predicted octanol–water partition coefficient (Wildman–Crippen LogP) is 3.80. The van der Waals surface area contributed by atoms with Crippen LogP contribution < -0.4 is 10.1 Å². The van der Waals surface area contributed by atoms with Gasteiger partial charge in [0.05, 0.1) is 10.7 Å². The van der Waals surface area contributed by atoms with Gasteiger partial charge in [-0.3, -0.25) is 4.98 Å². The molecule has 0 aliphatic rings. The fourth-order valence-electron chi connectivity index (χ4n) is 1.62. The van der Waals surface area contributed by atoms with Crippen molar-refractivity contribution in [2.75, 3.05) is 7.05 Å². The van der Waals surface area contributed by atoms with Crippen LogP contribution in [0.1, 0.15) is 11.3 Å². The van der Waals surface area contributed by atoms with Crippen molar-refractivity contribution >= 4 is 27.5 Å². The lowest BCUT2D eigenvalue weighted by atomic mass is 10.2. The van der Waals surface area contributed by atoms with Crippen LogP contribution in [0.25, 0.3) is 0 Å². The zero-order chi connectivity index (χ0) is 13.7. The minimum absolute atomic E-state index is 0.401. The van der Waals surface area contributed by atoms with Crippen LogP contribution in [0.2, 0.25) is 5.02 Å². The topological polar surface area (TPSA) is 34.1 Å². The highest BCUT2D eigenvalue weighted by Crippen LogP contribution is 2.26. The van der Waals surface area contributed by atoms with E-state index >= 15 is 0 Å². The highest BCUT2D eigenvalue weighted by atomic mass is 79.9. The molecule has 0 fully saturated rings. The van der Waals surface area contributed by atoms with Crippen LogP contribution in [0.3, 0.4) is 0 Å². The lowest BCUT2D eigenvalue weighted by Gasteiger charge is -2.09. The van der Waals surface area contributed by atoms with Gasteiger partial charge in [-0.1, -0.05) is 17.7 Å². The molecule has 0 saturated heterocycles. The number of nitrogens with one attached hydrogen (secondary N) is 1. The zero-order valence-corrected chi connectivity index (χ0v) is 12.8. The molecule has 1 aromatic heterocycles. The Hall–Kier alpha value is -1.10. The van der Waals surface area contributed by atoms with Gasteiger partial charge >= 0.3 is 0 Å². The van der Waals surface area contributed by atoms with Crippen LogP contribution in [0, 0.1) is 0 Å². The van der Waals surface area contributed by atoms with E-state index in [1.165, 1.54) is 0 Å². The van der Waals surface area contributed by atoms with Gasteiger partial charge in [0.15, 0.2) is 0 Å². The lowest BCUT2D eigenvalue weighted by molar-refractivity contribution is 0.301. The highest BCUT2D eigenvalue weighted by molar-refractivity contribution is 9.10. The molecule has 0 atom stereocenters. The van der Waals surface area contributed by atoms with Gasteiger partial charge in [-0.2, -0.15) is 0 Å². The summed E-state index contributed by atoms with van der Waals surface area (Å²) >= 11 is 9.52. The van der Waals surface area contributed by atoms with Gasteiger partial charge in [0, 0.05) is 17.2 Å². The minimum atomic E-state index is 0.401. The number of benzene rings is 1. The number of pyridine rings is 1. The average Bonchev–Trinajstić information content (AvgIpc) is 2.40. The average molecular weight is 342 g/mol. The van der Waals surface area contributed by atoms with E-state index in [4.69, 9.17) is 16.3 Å². The van der Waals surface area contributed by atoms with Crippen molar-refractivity contribution < 1.29 is 4.74 Å². The first-order valence-corrected chi connectivity index (χ1v) is 7.02. The first kappa shape index (κ1) is 14.3. The summed E-state index contributed by atoms with van der Waals surface area (Å²) in [5, 5.41) is 3.70. The Balaban J connectivity index is 2.01. The fourth-order valence-corrected chi connectivity index (χ4v) is 2.11. The van der Waals surface area contributed by atoms with E-state index in [1.807, 2.05) is 37.4 Å². The highest BCUT2D eigenvalue weighted by Gasteiger charge is 2.04. The van der Waals surface area contributed by atoms with Gasteiger partial charge in [-0.25, -0.2) is 0 Å². The molecule has 0 spiro atoms. The Bertz CT molecular complexity index is 546. The molecule has 19 heavy (non-hydrogen) atoms. The standard InChI is InChI=1S/C14H14BrClN2O/c1-17-7-10-2-5-14(13(16)6-10)19-9-12-4-3-11(15)8-18-12/h2-6,8,17H,7,9H2,1H3. The summed E-state index contributed by atoms with van der Waals surface area (Å²) < 4.78 is 6.62. The van der Waals surface area contributed by atoms with Crippen LogP contribution in [0.15, 0.2) is 41.0 Å². The zero-order valence-electron chi connectivity index (χ0n) is 10.5. The van der Waals surface area contributed by atoms with Crippen LogP contribution in [0.4, 0.5) is 0 Å². The molecule has 2 aromatic rings. The van der Waals surface area contributed by atoms with Crippen molar-refractivity contribution in [1.82, 2.24) is 10.3 Å². The van der Waals surface area contributed by atoms with E-state index in [0.717, 1.165) is 22.3 Å². The third kappa shape index (κ3) is 4.20. The maximum Gasteiger partial charge on any atom is 0.138 e. The van der Waals surface area contributed by atoms with Gasteiger partial charge in [0.2, 0.25) is 0 Å². The van der Waals surface area contributed by atoms with E-state index in [0.29, 0.717) is 17.4 Å². The second-order valence-electron chi connectivity index (χ2n) is 4.05. The van der Waals surface area contributed by atoms with Crippen molar-refractivity contribution in [2.24, 2.45) is 0 Å². The number of rotatable bonds is 5. The van der Waals surface area contributed by atoms with E-state index < -0.39 is 0 Å². The maximum absolute atomic E-state index is 6.18. The van der Waals surface area contributed by atoms with Crippen molar-refractivity contribution in [2.45, 2.75) is 13.2 Å². The molecule has 100 valence electrons.